The van der Waals surface area contributed by atoms with E-state index in [2.05, 4.69) is 16.3 Å². The number of anilines is 1. The Morgan fingerprint density at radius 1 is 0.971 bits per heavy atom. The highest BCUT2D eigenvalue weighted by Gasteiger charge is 2.20. The molecule has 2 heterocycles. The van der Waals surface area contributed by atoms with Gasteiger partial charge in [0.15, 0.2) is 5.82 Å². The predicted molar refractivity (Wildman–Crippen MR) is 134 cm³/mol. The number of benzene rings is 3. The highest BCUT2D eigenvalue weighted by Crippen LogP contribution is 2.27. The maximum absolute atomic E-state index is 13.5. The molecule has 0 spiro atoms. The van der Waals surface area contributed by atoms with Crippen molar-refractivity contribution in [2.75, 3.05) is 32.1 Å². The maximum Gasteiger partial charge on any atom is 0.162 e. The van der Waals surface area contributed by atoms with Gasteiger partial charge in [0.05, 0.1) is 12.6 Å². The zero-order chi connectivity index (χ0) is 23.3. The monoisotopic (exact) mass is 456 g/mol. The Morgan fingerprint density at radius 3 is 2.53 bits per heavy atom. The molecule has 174 valence electrons. The number of para-hydroxylation sites is 1. The van der Waals surface area contributed by atoms with Crippen LogP contribution >= 0.6 is 0 Å². The SMILES string of the molecule is COc1ccc(-c2nc(NCC3CCN(Cc4cccc(F)c4)CC3)c3ccccc3n2)cc1. The second kappa shape index (κ2) is 10.2. The first-order valence-electron chi connectivity index (χ1n) is 11.8. The van der Waals surface area contributed by atoms with Crippen molar-refractivity contribution in [3.63, 3.8) is 0 Å². The van der Waals surface area contributed by atoms with Crippen LogP contribution in [0, 0.1) is 11.7 Å². The summed E-state index contributed by atoms with van der Waals surface area (Å²) in [6.07, 6.45) is 2.22. The number of nitrogens with zero attached hydrogens (tertiary/aromatic N) is 3. The lowest BCUT2D eigenvalue weighted by atomic mass is 9.96. The Morgan fingerprint density at radius 2 is 1.76 bits per heavy atom. The molecule has 1 aliphatic rings. The fourth-order valence-corrected chi connectivity index (χ4v) is 4.56. The minimum Gasteiger partial charge on any atom is -0.497 e. The van der Waals surface area contributed by atoms with Crippen molar-refractivity contribution in [2.45, 2.75) is 19.4 Å². The number of piperidine rings is 1. The van der Waals surface area contributed by atoms with Crippen molar-refractivity contribution >= 4 is 16.7 Å². The van der Waals surface area contributed by atoms with Crippen molar-refractivity contribution in [1.29, 1.82) is 0 Å². The fourth-order valence-electron chi connectivity index (χ4n) is 4.56. The summed E-state index contributed by atoms with van der Waals surface area (Å²) in [7, 11) is 1.66. The maximum atomic E-state index is 13.5. The minimum absolute atomic E-state index is 0.164. The van der Waals surface area contributed by atoms with E-state index in [1.807, 2.05) is 48.5 Å². The minimum atomic E-state index is -0.164. The zero-order valence-corrected chi connectivity index (χ0v) is 19.4. The Balaban J connectivity index is 1.25. The normalized spacial score (nSPS) is 14.9. The van der Waals surface area contributed by atoms with Crippen molar-refractivity contribution in [3.05, 3.63) is 84.2 Å². The number of methoxy groups -OCH3 is 1. The highest BCUT2D eigenvalue weighted by molar-refractivity contribution is 5.90. The number of rotatable bonds is 7. The van der Waals surface area contributed by atoms with Gasteiger partial charge in [0.2, 0.25) is 0 Å². The third kappa shape index (κ3) is 5.18. The van der Waals surface area contributed by atoms with Gasteiger partial charge >= 0.3 is 0 Å². The Bertz CT molecular complexity index is 1250. The first kappa shape index (κ1) is 22.3. The van der Waals surface area contributed by atoms with Crippen molar-refractivity contribution in [3.8, 4) is 17.1 Å². The predicted octanol–water partition coefficient (Wildman–Crippen LogP) is 5.77. The lowest BCUT2D eigenvalue weighted by Gasteiger charge is -2.32. The zero-order valence-electron chi connectivity index (χ0n) is 19.4. The first-order chi connectivity index (χ1) is 16.7. The first-order valence-corrected chi connectivity index (χ1v) is 11.8. The second-order valence-electron chi connectivity index (χ2n) is 8.87. The number of nitrogens with one attached hydrogen (secondary N) is 1. The summed E-state index contributed by atoms with van der Waals surface area (Å²) in [5, 5.41) is 4.65. The van der Waals surface area contributed by atoms with Crippen LogP contribution < -0.4 is 10.1 Å². The molecule has 34 heavy (non-hydrogen) atoms. The van der Waals surface area contributed by atoms with Gasteiger partial charge in [0.25, 0.3) is 0 Å². The lowest BCUT2D eigenvalue weighted by molar-refractivity contribution is 0.182. The summed E-state index contributed by atoms with van der Waals surface area (Å²) in [4.78, 5) is 12.1. The van der Waals surface area contributed by atoms with Gasteiger partial charge in [0.1, 0.15) is 17.4 Å². The Labute approximate surface area is 199 Å². The van der Waals surface area contributed by atoms with E-state index in [-0.39, 0.29) is 5.82 Å². The number of ether oxygens (including phenoxy) is 1. The quantitative estimate of drug-likeness (QED) is 0.383. The molecule has 1 aliphatic heterocycles. The van der Waals surface area contributed by atoms with E-state index < -0.39 is 0 Å². The average molecular weight is 457 g/mol. The van der Waals surface area contributed by atoms with E-state index >= 15 is 0 Å². The number of fused-ring (bicyclic) bond motifs is 1. The summed E-state index contributed by atoms with van der Waals surface area (Å²) in [6, 6.07) is 22.9. The molecule has 0 aliphatic carbocycles. The topological polar surface area (TPSA) is 50.3 Å². The lowest BCUT2D eigenvalue weighted by Crippen LogP contribution is -2.35. The van der Waals surface area contributed by atoms with Crippen LogP contribution in [0.5, 0.6) is 5.75 Å². The number of hydrogen-bond acceptors (Lipinski definition) is 5. The molecule has 0 unspecified atom stereocenters. The van der Waals surface area contributed by atoms with Crippen molar-refractivity contribution < 1.29 is 9.13 Å². The smallest absolute Gasteiger partial charge is 0.162 e. The molecule has 5 rings (SSSR count). The van der Waals surface area contributed by atoms with E-state index in [1.54, 1.807) is 19.2 Å². The van der Waals surface area contributed by atoms with Crippen LogP contribution in [0.15, 0.2) is 72.8 Å². The molecule has 0 bridgehead atoms. The van der Waals surface area contributed by atoms with E-state index in [9.17, 15) is 4.39 Å². The van der Waals surface area contributed by atoms with Gasteiger partial charge in [0, 0.05) is 24.0 Å². The standard InChI is InChI=1S/C28H29FN4O/c1-34-24-11-9-22(10-12-24)27-31-26-8-3-2-7-25(26)28(32-27)30-18-20-13-15-33(16-14-20)19-21-5-4-6-23(29)17-21/h2-12,17,20H,13-16,18-19H2,1H3,(H,30,31,32). The largest absolute Gasteiger partial charge is 0.497 e. The molecule has 4 aromatic rings. The molecule has 0 atom stereocenters. The van der Waals surface area contributed by atoms with Gasteiger partial charge in [-0.25, -0.2) is 14.4 Å². The fraction of sp³-hybridized carbons (Fsp3) is 0.286. The van der Waals surface area contributed by atoms with Crippen molar-refractivity contribution in [2.24, 2.45) is 5.92 Å². The van der Waals surface area contributed by atoms with Crippen molar-refractivity contribution in [1.82, 2.24) is 14.9 Å². The summed E-state index contributed by atoms with van der Waals surface area (Å²) >= 11 is 0. The number of likely N-dealkylation sites (tertiary alicyclic amines) is 1. The molecule has 6 heteroatoms. The molecule has 3 aromatic carbocycles. The van der Waals surface area contributed by atoms with Crippen LogP contribution in [-0.2, 0) is 6.54 Å². The Hall–Kier alpha value is -3.51. The summed E-state index contributed by atoms with van der Waals surface area (Å²) in [6.45, 7) is 3.71. The van der Waals surface area contributed by atoms with Crippen LogP contribution in [0.25, 0.3) is 22.3 Å². The van der Waals surface area contributed by atoms with E-state index in [0.29, 0.717) is 11.7 Å². The molecule has 1 saturated heterocycles. The molecule has 1 aromatic heterocycles. The third-order valence-corrected chi connectivity index (χ3v) is 6.51. The second-order valence-corrected chi connectivity index (χ2v) is 8.87. The summed E-state index contributed by atoms with van der Waals surface area (Å²) in [5.74, 6) is 2.79. The van der Waals surface area contributed by atoms with Crippen LogP contribution in [0.1, 0.15) is 18.4 Å². The molecule has 0 amide bonds. The molecule has 0 saturated carbocycles. The van der Waals surface area contributed by atoms with E-state index in [4.69, 9.17) is 14.7 Å². The molecular weight excluding hydrogens is 427 g/mol. The summed E-state index contributed by atoms with van der Waals surface area (Å²) in [5.41, 5.74) is 2.92. The van der Waals surface area contributed by atoms with Gasteiger partial charge < -0.3 is 10.1 Å². The van der Waals surface area contributed by atoms with Crippen LogP contribution in [0.4, 0.5) is 10.2 Å². The van der Waals surface area contributed by atoms with Crippen LogP contribution in [-0.4, -0.2) is 41.6 Å². The highest BCUT2D eigenvalue weighted by atomic mass is 19.1. The van der Waals surface area contributed by atoms with Gasteiger partial charge in [-0.15, -0.1) is 0 Å². The number of halogens is 1. The Kier molecular flexibility index (Phi) is 6.67. The molecule has 0 radical (unpaired) electrons. The van der Waals surface area contributed by atoms with E-state index in [0.717, 1.165) is 72.6 Å². The molecule has 5 nitrogen and oxygen atoms in total. The average Bonchev–Trinajstić information content (AvgIpc) is 2.88. The van der Waals surface area contributed by atoms with Crippen LogP contribution in [0.2, 0.25) is 0 Å². The van der Waals surface area contributed by atoms with Gasteiger partial charge in [-0.1, -0.05) is 24.3 Å². The van der Waals surface area contributed by atoms with Gasteiger partial charge in [-0.2, -0.15) is 0 Å². The summed E-state index contributed by atoms with van der Waals surface area (Å²) < 4.78 is 18.8. The van der Waals surface area contributed by atoms with Crippen LogP contribution in [0.3, 0.4) is 0 Å². The number of aromatic nitrogens is 2. The van der Waals surface area contributed by atoms with Gasteiger partial charge in [-0.3, -0.25) is 4.90 Å². The molecule has 1 N–H and O–H groups in total. The van der Waals surface area contributed by atoms with Gasteiger partial charge in [-0.05, 0) is 85.9 Å². The molecule has 1 fully saturated rings. The third-order valence-electron chi connectivity index (χ3n) is 6.51. The van der Waals surface area contributed by atoms with E-state index in [1.165, 1.54) is 6.07 Å². The molecular formula is C28H29FN4O. The number of hydrogen-bond donors (Lipinski definition) is 1.